The largest absolute Gasteiger partial charge is 0.378 e. The lowest BCUT2D eigenvalue weighted by atomic mass is 9.92. The monoisotopic (exact) mass is 155 g/mol. The van der Waals surface area contributed by atoms with Crippen LogP contribution in [0.3, 0.4) is 0 Å². The summed E-state index contributed by atoms with van der Waals surface area (Å²) in [5.41, 5.74) is 0. The van der Waals surface area contributed by atoms with Gasteiger partial charge >= 0.3 is 0 Å². The van der Waals surface area contributed by atoms with Crippen LogP contribution >= 0.6 is 0 Å². The first-order valence-corrected chi connectivity index (χ1v) is 4.83. The lowest BCUT2D eigenvalue weighted by Crippen LogP contribution is -2.29. The van der Waals surface area contributed by atoms with E-state index in [9.17, 15) is 0 Å². The van der Waals surface area contributed by atoms with E-state index < -0.39 is 0 Å². The molecule has 11 heavy (non-hydrogen) atoms. The van der Waals surface area contributed by atoms with Crippen molar-refractivity contribution in [2.45, 2.75) is 45.6 Å². The minimum absolute atomic E-state index is 0.492. The van der Waals surface area contributed by atoms with E-state index in [1.54, 1.807) is 0 Å². The molecule has 0 amide bonds. The van der Waals surface area contributed by atoms with E-state index in [1.165, 1.54) is 25.7 Å². The summed E-state index contributed by atoms with van der Waals surface area (Å²) in [5.74, 6) is 0.797. The van der Waals surface area contributed by atoms with Crippen LogP contribution < -0.4 is 0 Å². The standard InChI is InChI=1S/C10H19O/c1-3-5-9(4-2)8-10-6-7-11-10/h8-10H,3-7H2,1-2H3. The molecule has 1 heteroatoms. The first-order chi connectivity index (χ1) is 5.36. The molecule has 1 rings (SSSR count). The smallest absolute Gasteiger partial charge is 0.0631 e. The van der Waals surface area contributed by atoms with Crippen molar-refractivity contribution in [3.05, 3.63) is 6.42 Å². The summed E-state index contributed by atoms with van der Waals surface area (Å²) in [6, 6.07) is 0. The highest BCUT2D eigenvalue weighted by Crippen LogP contribution is 2.23. The fourth-order valence-corrected chi connectivity index (χ4v) is 1.52. The zero-order valence-corrected chi connectivity index (χ0v) is 7.68. The highest BCUT2D eigenvalue weighted by atomic mass is 16.5. The fraction of sp³-hybridized carbons (Fsp3) is 0.900. The van der Waals surface area contributed by atoms with Crippen molar-refractivity contribution in [3.63, 3.8) is 0 Å². The van der Waals surface area contributed by atoms with Crippen LogP contribution in [0, 0.1) is 12.3 Å². The zero-order chi connectivity index (χ0) is 8.10. The Balaban J connectivity index is 2.08. The third-order valence-corrected chi connectivity index (χ3v) is 2.40. The Morgan fingerprint density at radius 3 is 2.64 bits per heavy atom. The average molecular weight is 155 g/mol. The van der Waals surface area contributed by atoms with Gasteiger partial charge in [-0.3, -0.25) is 0 Å². The van der Waals surface area contributed by atoms with E-state index in [2.05, 4.69) is 20.3 Å². The van der Waals surface area contributed by atoms with Crippen molar-refractivity contribution in [2.75, 3.05) is 6.61 Å². The molecular weight excluding hydrogens is 136 g/mol. The van der Waals surface area contributed by atoms with Crippen LogP contribution in [0.2, 0.25) is 0 Å². The van der Waals surface area contributed by atoms with E-state index in [4.69, 9.17) is 4.74 Å². The number of ether oxygens (including phenoxy) is 1. The van der Waals surface area contributed by atoms with Crippen molar-refractivity contribution < 1.29 is 4.74 Å². The van der Waals surface area contributed by atoms with Gasteiger partial charge in [0.1, 0.15) is 0 Å². The molecule has 1 fully saturated rings. The van der Waals surface area contributed by atoms with Gasteiger partial charge in [0.15, 0.2) is 0 Å². The third-order valence-electron chi connectivity index (χ3n) is 2.40. The van der Waals surface area contributed by atoms with Gasteiger partial charge in [0.05, 0.1) is 6.10 Å². The molecule has 1 radical (unpaired) electrons. The molecule has 0 N–H and O–H groups in total. The van der Waals surface area contributed by atoms with Gasteiger partial charge in [-0.05, 0) is 18.8 Å². The van der Waals surface area contributed by atoms with Crippen LogP contribution in [0.5, 0.6) is 0 Å². The van der Waals surface area contributed by atoms with Crippen molar-refractivity contribution in [2.24, 2.45) is 5.92 Å². The second-order valence-corrected chi connectivity index (χ2v) is 3.35. The normalized spacial score (nSPS) is 26.2. The number of hydrogen-bond donors (Lipinski definition) is 0. The van der Waals surface area contributed by atoms with Gasteiger partial charge in [-0.15, -0.1) is 0 Å². The number of hydrogen-bond acceptors (Lipinski definition) is 1. The minimum atomic E-state index is 0.492. The molecule has 0 aliphatic carbocycles. The Hall–Kier alpha value is -0.0400. The van der Waals surface area contributed by atoms with Crippen LogP contribution in [0.1, 0.15) is 39.5 Å². The quantitative estimate of drug-likeness (QED) is 0.593. The Morgan fingerprint density at radius 2 is 2.27 bits per heavy atom. The van der Waals surface area contributed by atoms with Gasteiger partial charge in [-0.2, -0.15) is 0 Å². The number of rotatable bonds is 5. The fourth-order valence-electron chi connectivity index (χ4n) is 1.52. The molecule has 2 atom stereocenters. The highest BCUT2D eigenvalue weighted by molar-refractivity contribution is 4.87. The maximum absolute atomic E-state index is 5.35. The van der Waals surface area contributed by atoms with Gasteiger partial charge in [0.2, 0.25) is 0 Å². The lowest BCUT2D eigenvalue weighted by Gasteiger charge is -2.29. The second-order valence-electron chi connectivity index (χ2n) is 3.35. The van der Waals surface area contributed by atoms with E-state index in [0.717, 1.165) is 12.5 Å². The Kier molecular flexibility index (Phi) is 3.92. The van der Waals surface area contributed by atoms with Crippen LogP contribution in [0.4, 0.5) is 0 Å². The SMILES string of the molecule is CCCC([CH]C1CCO1)CC. The first kappa shape index (κ1) is 9.05. The summed E-state index contributed by atoms with van der Waals surface area (Å²) in [4.78, 5) is 0. The molecule has 1 nitrogen and oxygen atoms in total. The van der Waals surface area contributed by atoms with Crippen LogP contribution in [-0.2, 0) is 4.74 Å². The molecule has 2 unspecified atom stereocenters. The summed E-state index contributed by atoms with van der Waals surface area (Å²) in [6.07, 6.45) is 8.03. The summed E-state index contributed by atoms with van der Waals surface area (Å²) >= 11 is 0. The molecular formula is C10H19O. The highest BCUT2D eigenvalue weighted by Gasteiger charge is 2.21. The van der Waals surface area contributed by atoms with Crippen LogP contribution in [-0.4, -0.2) is 12.7 Å². The predicted molar refractivity (Wildman–Crippen MR) is 47.3 cm³/mol. The van der Waals surface area contributed by atoms with Gasteiger partial charge in [0.25, 0.3) is 0 Å². The Labute approximate surface area is 70.1 Å². The molecule has 0 aromatic rings. The third kappa shape index (κ3) is 2.82. The Morgan fingerprint density at radius 1 is 1.55 bits per heavy atom. The Bertz CT molecular complexity index is 97.0. The van der Waals surface area contributed by atoms with Gasteiger partial charge < -0.3 is 4.74 Å². The summed E-state index contributed by atoms with van der Waals surface area (Å²) in [7, 11) is 0. The molecule has 1 saturated heterocycles. The van der Waals surface area contributed by atoms with Crippen LogP contribution in [0.25, 0.3) is 0 Å². The maximum atomic E-state index is 5.35. The van der Waals surface area contributed by atoms with E-state index >= 15 is 0 Å². The molecule has 1 heterocycles. The van der Waals surface area contributed by atoms with Gasteiger partial charge in [-0.1, -0.05) is 33.1 Å². The molecule has 0 bridgehead atoms. The summed E-state index contributed by atoms with van der Waals surface area (Å²) in [5, 5.41) is 0. The molecule has 65 valence electrons. The molecule has 0 aromatic heterocycles. The van der Waals surface area contributed by atoms with Crippen molar-refractivity contribution in [1.82, 2.24) is 0 Å². The lowest BCUT2D eigenvalue weighted by molar-refractivity contribution is -0.0351. The average Bonchev–Trinajstić information content (AvgIpc) is 1.94. The molecule has 0 saturated carbocycles. The predicted octanol–water partition coefficient (Wildman–Crippen LogP) is 2.81. The molecule has 0 spiro atoms. The van der Waals surface area contributed by atoms with Crippen LogP contribution in [0.15, 0.2) is 0 Å². The second kappa shape index (κ2) is 4.76. The van der Waals surface area contributed by atoms with E-state index in [0.29, 0.717) is 6.10 Å². The summed E-state index contributed by atoms with van der Waals surface area (Å²) < 4.78 is 5.35. The van der Waals surface area contributed by atoms with Gasteiger partial charge in [-0.25, -0.2) is 0 Å². The van der Waals surface area contributed by atoms with E-state index in [1.807, 2.05) is 0 Å². The molecule has 0 aromatic carbocycles. The summed E-state index contributed by atoms with van der Waals surface area (Å²) in [6.45, 7) is 5.48. The van der Waals surface area contributed by atoms with Crippen molar-refractivity contribution in [3.8, 4) is 0 Å². The molecule has 1 aliphatic rings. The zero-order valence-electron chi connectivity index (χ0n) is 7.68. The van der Waals surface area contributed by atoms with Crippen molar-refractivity contribution >= 4 is 0 Å². The van der Waals surface area contributed by atoms with Crippen molar-refractivity contribution in [1.29, 1.82) is 0 Å². The minimum Gasteiger partial charge on any atom is -0.378 e. The topological polar surface area (TPSA) is 9.23 Å². The van der Waals surface area contributed by atoms with Gasteiger partial charge in [0, 0.05) is 6.61 Å². The van der Waals surface area contributed by atoms with E-state index in [-0.39, 0.29) is 0 Å². The maximum Gasteiger partial charge on any atom is 0.0631 e. The molecule has 1 aliphatic heterocycles. The first-order valence-electron chi connectivity index (χ1n) is 4.83.